The van der Waals surface area contributed by atoms with Crippen LogP contribution in [0.25, 0.3) is 5.65 Å². The number of fused-ring (bicyclic) bond motifs is 1. The highest BCUT2D eigenvalue weighted by molar-refractivity contribution is 5.94. The van der Waals surface area contributed by atoms with Crippen LogP contribution >= 0.6 is 0 Å². The van der Waals surface area contributed by atoms with Crippen LogP contribution in [0.5, 0.6) is 0 Å². The van der Waals surface area contributed by atoms with Gasteiger partial charge in [0.2, 0.25) is 0 Å². The van der Waals surface area contributed by atoms with E-state index in [-0.39, 0.29) is 11.6 Å². The van der Waals surface area contributed by atoms with E-state index in [0.717, 1.165) is 54.0 Å². The summed E-state index contributed by atoms with van der Waals surface area (Å²) in [7, 11) is 0. The molecule has 0 saturated carbocycles. The summed E-state index contributed by atoms with van der Waals surface area (Å²) in [6.45, 7) is 4.42. The number of rotatable bonds is 2. The predicted octanol–water partition coefficient (Wildman–Crippen LogP) is 3.99. The lowest BCUT2D eigenvalue weighted by atomic mass is 9.98. The van der Waals surface area contributed by atoms with E-state index in [4.69, 9.17) is 0 Å². The van der Waals surface area contributed by atoms with Crippen molar-refractivity contribution in [3.05, 3.63) is 64.6 Å². The number of carbonyl (C=O) groups excluding carboxylic acids is 1. The molecule has 2 aromatic heterocycles. The molecule has 1 aliphatic heterocycles. The first-order valence-electron chi connectivity index (χ1n) is 9.03. The minimum absolute atomic E-state index is 0.114. The first kappa shape index (κ1) is 17.6. The summed E-state index contributed by atoms with van der Waals surface area (Å²) in [5.74, 6) is -1.97. The summed E-state index contributed by atoms with van der Waals surface area (Å²) in [4.78, 5) is 19.1. The Morgan fingerprint density at radius 3 is 2.78 bits per heavy atom. The molecule has 1 amide bonds. The topological polar surface area (TPSA) is 50.5 Å². The molecule has 0 bridgehead atoms. The summed E-state index contributed by atoms with van der Waals surface area (Å²) in [5, 5.41) is 4.61. The monoisotopic (exact) mass is 370 g/mol. The van der Waals surface area contributed by atoms with Crippen LogP contribution in [0.4, 0.5) is 8.78 Å². The molecule has 1 aliphatic rings. The molecule has 1 aromatic carbocycles. The van der Waals surface area contributed by atoms with Gasteiger partial charge in [0.15, 0.2) is 5.65 Å². The molecule has 5 nitrogen and oxygen atoms in total. The van der Waals surface area contributed by atoms with Crippen LogP contribution in [-0.4, -0.2) is 31.9 Å². The van der Waals surface area contributed by atoms with Gasteiger partial charge in [-0.2, -0.15) is 5.10 Å². The molecule has 0 aliphatic carbocycles. The van der Waals surface area contributed by atoms with Gasteiger partial charge in [-0.05, 0) is 50.8 Å². The minimum Gasteiger partial charge on any atom is -0.330 e. The number of likely N-dealkylation sites (tertiary alicyclic amines) is 1. The number of hydrogen-bond acceptors (Lipinski definition) is 3. The second-order valence-corrected chi connectivity index (χ2v) is 7.02. The number of nitrogens with zero attached hydrogens (tertiary/aromatic N) is 4. The van der Waals surface area contributed by atoms with Crippen molar-refractivity contribution in [2.75, 3.05) is 6.54 Å². The van der Waals surface area contributed by atoms with E-state index in [9.17, 15) is 13.6 Å². The number of aromatic nitrogens is 3. The second-order valence-electron chi connectivity index (χ2n) is 7.02. The van der Waals surface area contributed by atoms with Gasteiger partial charge in [0, 0.05) is 30.6 Å². The Morgan fingerprint density at radius 2 is 2.00 bits per heavy atom. The molecule has 0 unspecified atom stereocenters. The van der Waals surface area contributed by atoms with Gasteiger partial charge in [-0.1, -0.05) is 0 Å². The second kappa shape index (κ2) is 6.72. The normalized spacial score (nSPS) is 17.5. The van der Waals surface area contributed by atoms with E-state index in [0.29, 0.717) is 6.54 Å². The summed E-state index contributed by atoms with van der Waals surface area (Å²) < 4.78 is 29.0. The van der Waals surface area contributed by atoms with Crippen molar-refractivity contribution >= 4 is 11.6 Å². The van der Waals surface area contributed by atoms with Crippen LogP contribution < -0.4 is 0 Å². The van der Waals surface area contributed by atoms with Crippen LogP contribution in [0.3, 0.4) is 0 Å². The highest BCUT2D eigenvalue weighted by atomic mass is 19.1. The van der Waals surface area contributed by atoms with Gasteiger partial charge in [-0.15, -0.1) is 0 Å². The van der Waals surface area contributed by atoms with Crippen molar-refractivity contribution in [3.63, 3.8) is 0 Å². The predicted molar refractivity (Wildman–Crippen MR) is 96.4 cm³/mol. The van der Waals surface area contributed by atoms with Gasteiger partial charge in [-0.3, -0.25) is 4.79 Å². The van der Waals surface area contributed by atoms with Gasteiger partial charge < -0.3 is 4.90 Å². The lowest BCUT2D eigenvalue weighted by Gasteiger charge is -2.34. The molecular weight excluding hydrogens is 350 g/mol. The SMILES string of the molecule is Cc1cn2nc([C@@H]3CCCCN3C(=O)c3ccc(F)cc3F)cc2nc1C. The quantitative estimate of drug-likeness (QED) is 0.685. The first-order chi connectivity index (χ1) is 12.9. The fraction of sp³-hybridized carbons (Fsp3) is 0.350. The number of aryl methyl sites for hydroxylation is 2. The van der Waals surface area contributed by atoms with Gasteiger partial charge in [-0.25, -0.2) is 18.3 Å². The van der Waals surface area contributed by atoms with Crippen LogP contribution in [0.2, 0.25) is 0 Å². The molecule has 3 heterocycles. The van der Waals surface area contributed by atoms with Crippen LogP contribution in [0.1, 0.15) is 52.6 Å². The van der Waals surface area contributed by atoms with Crippen molar-refractivity contribution in [1.82, 2.24) is 19.5 Å². The summed E-state index contributed by atoms with van der Waals surface area (Å²) in [5.41, 5.74) is 3.31. The fourth-order valence-electron chi connectivity index (χ4n) is 3.58. The average molecular weight is 370 g/mol. The zero-order valence-electron chi connectivity index (χ0n) is 15.2. The summed E-state index contributed by atoms with van der Waals surface area (Å²) >= 11 is 0. The number of piperidine rings is 1. The molecule has 4 rings (SSSR count). The Bertz CT molecular complexity index is 991. The van der Waals surface area contributed by atoms with Crippen LogP contribution in [-0.2, 0) is 0 Å². The van der Waals surface area contributed by atoms with Crippen molar-refractivity contribution in [2.24, 2.45) is 0 Å². The van der Waals surface area contributed by atoms with E-state index < -0.39 is 17.5 Å². The summed E-state index contributed by atoms with van der Waals surface area (Å²) in [6.07, 6.45) is 4.46. The molecule has 7 heteroatoms. The van der Waals surface area contributed by atoms with Crippen molar-refractivity contribution < 1.29 is 13.6 Å². The molecule has 1 fully saturated rings. The minimum atomic E-state index is -0.841. The first-order valence-corrected chi connectivity index (χ1v) is 9.03. The maximum Gasteiger partial charge on any atom is 0.257 e. The molecule has 3 aromatic rings. The Kier molecular flexibility index (Phi) is 4.37. The van der Waals surface area contributed by atoms with Gasteiger partial charge in [0.05, 0.1) is 17.3 Å². The molecule has 140 valence electrons. The van der Waals surface area contributed by atoms with Crippen molar-refractivity contribution in [1.29, 1.82) is 0 Å². The zero-order chi connectivity index (χ0) is 19.1. The average Bonchev–Trinajstić information content (AvgIpc) is 3.04. The highest BCUT2D eigenvalue weighted by Gasteiger charge is 2.32. The third kappa shape index (κ3) is 3.18. The smallest absolute Gasteiger partial charge is 0.257 e. The lowest BCUT2D eigenvalue weighted by molar-refractivity contribution is 0.0601. The van der Waals surface area contributed by atoms with Crippen LogP contribution in [0, 0.1) is 25.5 Å². The molecule has 0 radical (unpaired) electrons. The van der Waals surface area contributed by atoms with Gasteiger partial charge >= 0.3 is 0 Å². The molecule has 27 heavy (non-hydrogen) atoms. The van der Waals surface area contributed by atoms with E-state index >= 15 is 0 Å². The van der Waals surface area contributed by atoms with Gasteiger partial charge in [0.25, 0.3) is 5.91 Å². The van der Waals surface area contributed by atoms with Crippen molar-refractivity contribution in [2.45, 2.75) is 39.2 Å². The van der Waals surface area contributed by atoms with E-state index in [1.807, 2.05) is 26.1 Å². The van der Waals surface area contributed by atoms with Gasteiger partial charge in [0.1, 0.15) is 11.6 Å². The highest BCUT2D eigenvalue weighted by Crippen LogP contribution is 2.32. The largest absolute Gasteiger partial charge is 0.330 e. The molecule has 0 N–H and O–H groups in total. The van der Waals surface area contributed by atoms with Crippen molar-refractivity contribution in [3.8, 4) is 0 Å². The van der Waals surface area contributed by atoms with E-state index in [1.165, 1.54) is 6.07 Å². The Labute approximate surface area is 155 Å². The molecular formula is C20H20F2N4O. The fourth-order valence-corrected chi connectivity index (χ4v) is 3.58. The standard InChI is InChI=1S/C20H20F2N4O/c1-12-11-26-19(23-13(12)2)10-17(24-26)18-5-3-4-8-25(18)20(27)15-7-6-14(21)9-16(15)22/h6-7,9-11,18H,3-5,8H2,1-2H3/t18-/m0/s1. The molecule has 1 atom stereocenters. The number of benzene rings is 1. The lowest BCUT2D eigenvalue weighted by Crippen LogP contribution is -2.39. The Balaban J connectivity index is 1.71. The number of amides is 1. The number of carbonyl (C=O) groups is 1. The molecule has 0 spiro atoms. The van der Waals surface area contributed by atoms with E-state index in [2.05, 4.69) is 10.1 Å². The third-order valence-electron chi connectivity index (χ3n) is 5.17. The number of hydrogen-bond donors (Lipinski definition) is 0. The zero-order valence-corrected chi connectivity index (χ0v) is 15.2. The molecule has 1 saturated heterocycles. The number of halogens is 2. The maximum absolute atomic E-state index is 14.1. The van der Waals surface area contributed by atoms with Crippen LogP contribution in [0.15, 0.2) is 30.5 Å². The Morgan fingerprint density at radius 1 is 1.19 bits per heavy atom. The summed E-state index contributed by atoms with van der Waals surface area (Å²) in [6, 6.07) is 4.68. The third-order valence-corrected chi connectivity index (χ3v) is 5.17. The van der Waals surface area contributed by atoms with E-state index in [1.54, 1.807) is 9.42 Å². The Hall–Kier alpha value is -2.83. The maximum atomic E-state index is 14.1.